The average Bonchev–Trinajstić information content (AvgIpc) is 3.12. The zero-order chi connectivity index (χ0) is 15.1. The first-order chi connectivity index (χ1) is 9.24. The number of nitrogens with zero attached hydrogens (tertiary/aromatic N) is 2. The first kappa shape index (κ1) is 14.1. The summed E-state index contributed by atoms with van der Waals surface area (Å²) < 4.78 is 38.8. The van der Waals surface area contributed by atoms with Crippen molar-refractivity contribution in [3.05, 3.63) is 41.5 Å². The molecule has 104 valence electrons. The molecule has 2 rings (SSSR count). The molecule has 0 fully saturated rings. The van der Waals surface area contributed by atoms with Gasteiger partial charge in [-0.1, -0.05) is 18.2 Å². The fraction of sp³-hybridized carbons (Fsp3) is 0.286. The molecule has 0 heterocycles. The van der Waals surface area contributed by atoms with E-state index in [0.29, 0.717) is 0 Å². The molecule has 0 unspecified atom stereocenters. The highest BCUT2D eigenvalue weighted by Crippen LogP contribution is 2.53. The minimum Gasteiger partial charge on any atom is -0.347 e. The summed E-state index contributed by atoms with van der Waals surface area (Å²) in [5, 5.41) is 9.17. The van der Waals surface area contributed by atoms with Crippen LogP contribution < -0.4 is 0 Å². The van der Waals surface area contributed by atoms with Gasteiger partial charge in [-0.15, -0.1) is 0 Å². The molecule has 0 aromatic heterocycles. The van der Waals surface area contributed by atoms with Gasteiger partial charge in [-0.2, -0.15) is 18.4 Å². The number of hydrogen-bond acceptors (Lipinski definition) is 2. The van der Waals surface area contributed by atoms with Crippen molar-refractivity contribution in [1.82, 2.24) is 4.90 Å². The quantitative estimate of drug-likeness (QED) is 0.836. The summed E-state index contributed by atoms with van der Waals surface area (Å²) in [6, 6.07) is 6.75. The molecular formula is C14H11F3N2O. The van der Waals surface area contributed by atoms with Crippen molar-refractivity contribution in [3.63, 3.8) is 0 Å². The number of rotatable bonds is 2. The number of benzene rings is 1. The molecule has 1 amide bonds. The fourth-order valence-corrected chi connectivity index (χ4v) is 2.11. The Bertz CT molecular complexity index is 641. The van der Waals surface area contributed by atoms with Crippen molar-refractivity contribution >= 4 is 11.5 Å². The number of carbonyl (C=O) groups excluding carboxylic acids is 1. The number of hydrogen-bond donors (Lipinski definition) is 0. The van der Waals surface area contributed by atoms with Gasteiger partial charge in [0.2, 0.25) is 0 Å². The van der Waals surface area contributed by atoms with Crippen molar-refractivity contribution in [1.29, 1.82) is 5.26 Å². The van der Waals surface area contributed by atoms with Gasteiger partial charge in [0.05, 0.1) is 11.6 Å². The maximum absolute atomic E-state index is 12.9. The number of carbonyl (C=O) groups is 1. The van der Waals surface area contributed by atoms with E-state index in [2.05, 4.69) is 0 Å². The van der Waals surface area contributed by atoms with Crippen molar-refractivity contribution < 1.29 is 18.0 Å². The van der Waals surface area contributed by atoms with Gasteiger partial charge in [-0.25, -0.2) is 0 Å². The normalized spacial score (nSPS) is 20.9. The van der Waals surface area contributed by atoms with Crippen LogP contribution in [0.3, 0.4) is 0 Å². The van der Waals surface area contributed by atoms with Crippen LogP contribution in [-0.4, -0.2) is 24.9 Å². The molecule has 1 aliphatic carbocycles. The standard InChI is InChI=1S/C14H11F3N2O/c1-19(2)12(20)13(8-18)7-11(13)9-5-3-4-6-10(9)14(15,16)17/h3-7H,1-2H3/t13-/m0/s1. The van der Waals surface area contributed by atoms with E-state index in [1.54, 1.807) is 0 Å². The van der Waals surface area contributed by atoms with E-state index in [1.165, 1.54) is 43.3 Å². The summed E-state index contributed by atoms with van der Waals surface area (Å²) in [6.07, 6.45) is -3.25. The average molecular weight is 280 g/mol. The Morgan fingerprint density at radius 1 is 1.30 bits per heavy atom. The molecule has 0 spiro atoms. The highest BCUT2D eigenvalue weighted by Gasteiger charge is 2.54. The number of nitriles is 1. The van der Waals surface area contributed by atoms with Crippen LogP contribution in [0.4, 0.5) is 13.2 Å². The summed E-state index contributed by atoms with van der Waals surface area (Å²) >= 11 is 0. The second-order valence-corrected chi connectivity index (χ2v) is 4.72. The molecule has 3 nitrogen and oxygen atoms in total. The van der Waals surface area contributed by atoms with Crippen LogP contribution in [0, 0.1) is 16.7 Å². The van der Waals surface area contributed by atoms with Crippen LogP contribution in [0.15, 0.2) is 30.3 Å². The predicted molar refractivity (Wildman–Crippen MR) is 66.2 cm³/mol. The summed E-state index contributed by atoms with van der Waals surface area (Å²) in [5.74, 6) is -0.535. The van der Waals surface area contributed by atoms with E-state index in [4.69, 9.17) is 0 Å². The third kappa shape index (κ3) is 2.05. The van der Waals surface area contributed by atoms with Crippen molar-refractivity contribution in [3.8, 4) is 6.07 Å². The number of amides is 1. The SMILES string of the molecule is CN(C)C(=O)[C@]1(C#N)C=C1c1ccccc1C(F)(F)F. The molecule has 1 aliphatic rings. The van der Waals surface area contributed by atoms with Gasteiger partial charge in [0.15, 0.2) is 5.41 Å². The Morgan fingerprint density at radius 2 is 1.90 bits per heavy atom. The Hall–Kier alpha value is -2.29. The van der Waals surface area contributed by atoms with Gasteiger partial charge >= 0.3 is 6.18 Å². The molecule has 1 atom stereocenters. The molecule has 0 bridgehead atoms. The van der Waals surface area contributed by atoms with Crippen LogP contribution in [0.5, 0.6) is 0 Å². The minimum atomic E-state index is -4.53. The minimum absolute atomic E-state index is 0.114. The largest absolute Gasteiger partial charge is 0.416 e. The summed E-state index contributed by atoms with van der Waals surface area (Å²) in [4.78, 5) is 13.2. The molecule has 0 saturated heterocycles. The lowest BCUT2D eigenvalue weighted by Crippen LogP contribution is -2.32. The van der Waals surface area contributed by atoms with Gasteiger partial charge in [0, 0.05) is 14.1 Å². The van der Waals surface area contributed by atoms with E-state index in [1.807, 2.05) is 6.07 Å². The van der Waals surface area contributed by atoms with Crippen molar-refractivity contribution in [2.75, 3.05) is 14.1 Å². The molecule has 0 N–H and O–H groups in total. The molecule has 0 aliphatic heterocycles. The van der Waals surface area contributed by atoms with Gasteiger partial charge < -0.3 is 4.90 Å². The van der Waals surface area contributed by atoms with E-state index in [9.17, 15) is 23.2 Å². The van der Waals surface area contributed by atoms with Crippen molar-refractivity contribution in [2.45, 2.75) is 6.18 Å². The second-order valence-electron chi connectivity index (χ2n) is 4.72. The number of alkyl halides is 3. The fourth-order valence-electron chi connectivity index (χ4n) is 2.11. The second kappa shape index (κ2) is 4.37. The maximum Gasteiger partial charge on any atom is 0.416 e. The van der Waals surface area contributed by atoms with Crippen LogP contribution in [0.25, 0.3) is 5.57 Å². The first-order valence-electron chi connectivity index (χ1n) is 5.77. The van der Waals surface area contributed by atoms with Gasteiger partial charge in [-0.05, 0) is 23.3 Å². The highest BCUT2D eigenvalue weighted by atomic mass is 19.4. The van der Waals surface area contributed by atoms with Crippen LogP contribution in [0.1, 0.15) is 11.1 Å². The first-order valence-corrected chi connectivity index (χ1v) is 5.77. The molecule has 20 heavy (non-hydrogen) atoms. The van der Waals surface area contributed by atoms with Crippen LogP contribution in [0.2, 0.25) is 0 Å². The monoisotopic (exact) mass is 280 g/mol. The van der Waals surface area contributed by atoms with E-state index in [-0.39, 0.29) is 11.1 Å². The lowest BCUT2D eigenvalue weighted by Gasteiger charge is -2.17. The third-order valence-electron chi connectivity index (χ3n) is 3.14. The maximum atomic E-state index is 12.9. The molecule has 6 heteroatoms. The number of halogens is 3. The molecule has 0 saturated carbocycles. The topological polar surface area (TPSA) is 44.1 Å². The molecule has 0 radical (unpaired) electrons. The Labute approximate surface area is 113 Å². The third-order valence-corrected chi connectivity index (χ3v) is 3.14. The summed E-state index contributed by atoms with van der Waals surface area (Å²) in [6.45, 7) is 0. The van der Waals surface area contributed by atoms with E-state index in [0.717, 1.165) is 6.07 Å². The smallest absolute Gasteiger partial charge is 0.347 e. The summed E-state index contributed by atoms with van der Waals surface area (Å²) in [7, 11) is 2.92. The van der Waals surface area contributed by atoms with Gasteiger partial charge in [0.1, 0.15) is 0 Å². The van der Waals surface area contributed by atoms with Gasteiger partial charge in [-0.3, -0.25) is 4.79 Å². The van der Waals surface area contributed by atoms with E-state index < -0.39 is 23.1 Å². The zero-order valence-electron chi connectivity index (χ0n) is 10.8. The zero-order valence-corrected chi connectivity index (χ0v) is 10.8. The lowest BCUT2D eigenvalue weighted by molar-refractivity contribution is -0.138. The van der Waals surface area contributed by atoms with Crippen molar-refractivity contribution in [2.24, 2.45) is 5.41 Å². The molecular weight excluding hydrogens is 269 g/mol. The highest BCUT2D eigenvalue weighted by molar-refractivity contribution is 6.11. The van der Waals surface area contributed by atoms with Gasteiger partial charge in [0.25, 0.3) is 5.91 Å². The Morgan fingerprint density at radius 3 is 2.40 bits per heavy atom. The predicted octanol–water partition coefficient (Wildman–Crippen LogP) is 2.70. The lowest BCUT2D eigenvalue weighted by atomic mass is 9.93. The molecule has 1 aromatic carbocycles. The molecule has 1 aromatic rings. The Balaban J connectivity index is 2.45. The van der Waals surface area contributed by atoms with Crippen LogP contribution >= 0.6 is 0 Å². The summed E-state index contributed by atoms with van der Waals surface area (Å²) in [5.41, 5.74) is -2.40. The van der Waals surface area contributed by atoms with Crippen LogP contribution in [-0.2, 0) is 11.0 Å². The Kier molecular flexibility index (Phi) is 3.09. The van der Waals surface area contributed by atoms with E-state index >= 15 is 0 Å².